The van der Waals surface area contributed by atoms with E-state index >= 15 is 0 Å². The first-order chi connectivity index (χ1) is 8.15. The third-order valence-corrected chi connectivity index (χ3v) is 2.40. The van der Waals surface area contributed by atoms with Gasteiger partial charge in [0.2, 0.25) is 0 Å². The van der Waals surface area contributed by atoms with Crippen molar-refractivity contribution >= 4 is 17.3 Å². The normalized spacial score (nSPS) is 10.1. The maximum Gasteiger partial charge on any atom is 0.135 e. The van der Waals surface area contributed by atoms with Gasteiger partial charge >= 0.3 is 0 Å². The van der Waals surface area contributed by atoms with Gasteiger partial charge in [0.05, 0.1) is 0 Å². The molecule has 0 aliphatic heterocycles. The molecule has 2 rings (SSSR count). The molecular weight excluding hydrogens is 212 g/mol. The van der Waals surface area contributed by atoms with Gasteiger partial charge in [-0.15, -0.1) is 0 Å². The fourth-order valence-electron chi connectivity index (χ4n) is 1.53. The number of anilines is 3. The molecule has 4 nitrogen and oxygen atoms in total. The third-order valence-electron chi connectivity index (χ3n) is 2.40. The van der Waals surface area contributed by atoms with Gasteiger partial charge in [0.25, 0.3) is 0 Å². The first-order valence-electron chi connectivity index (χ1n) is 5.48. The van der Waals surface area contributed by atoms with Gasteiger partial charge in [-0.25, -0.2) is 9.97 Å². The number of benzene rings is 1. The Morgan fingerprint density at radius 2 is 1.94 bits per heavy atom. The van der Waals surface area contributed by atoms with Gasteiger partial charge < -0.3 is 10.2 Å². The molecular formula is C13H16N4. The Hall–Kier alpha value is -2.10. The summed E-state index contributed by atoms with van der Waals surface area (Å²) in [4.78, 5) is 10.3. The largest absolute Gasteiger partial charge is 0.363 e. The number of rotatable bonds is 3. The molecule has 0 saturated carbocycles. The van der Waals surface area contributed by atoms with Crippen molar-refractivity contribution in [1.82, 2.24) is 9.97 Å². The van der Waals surface area contributed by atoms with Crippen LogP contribution in [0.1, 0.15) is 5.56 Å². The van der Waals surface area contributed by atoms with Crippen LogP contribution in [0.2, 0.25) is 0 Å². The second-order valence-electron chi connectivity index (χ2n) is 4.15. The van der Waals surface area contributed by atoms with E-state index < -0.39 is 0 Å². The maximum atomic E-state index is 4.20. The number of nitrogens with one attached hydrogen (secondary N) is 1. The summed E-state index contributed by atoms with van der Waals surface area (Å²) in [5.41, 5.74) is 2.25. The lowest BCUT2D eigenvalue weighted by molar-refractivity contribution is 1.04. The predicted molar refractivity (Wildman–Crippen MR) is 70.8 cm³/mol. The molecule has 0 amide bonds. The van der Waals surface area contributed by atoms with E-state index in [-0.39, 0.29) is 0 Å². The third kappa shape index (κ3) is 2.93. The Balaban J connectivity index is 2.21. The Morgan fingerprint density at radius 1 is 1.12 bits per heavy atom. The van der Waals surface area contributed by atoms with Crippen molar-refractivity contribution in [1.29, 1.82) is 0 Å². The molecule has 4 heteroatoms. The monoisotopic (exact) mass is 228 g/mol. The zero-order valence-electron chi connectivity index (χ0n) is 10.3. The minimum Gasteiger partial charge on any atom is -0.363 e. The summed E-state index contributed by atoms with van der Waals surface area (Å²) in [6.07, 6.45) is 1.56. The predicted octanol–water partition coefficient (Wildman–Crippen LogP) is 2.59. The standard InChI is InChI=1S/C13H16N4/c1-10-5-4-6-11(7-10)16-12-8-13(17(2)3)15-9-14-12/h4-9H,1-3H3,(H,14,15,16). The highest BCUT2D eigenvalue weighted by atomic mass is 15.2. The molecule has 2 aromatic rings. The van der Waals surface area contributed by atoms with Gasteiger partial charge in [-0.05, 0) is 24.6 Å². The molecule has 0 bridgehead atoms. The molecule has 0 aliphatic carbocycles. The highest BCUT2D eigenvalue weighted by Gasteiger charge is 2.00. The molecule has 0 saturated heterocycles. The number of aryl methyl sites for hydroxylation is 1. The fraction of sp³-hybridized carbons (Fsp3) is 0.231. The van der Waals surface area contributed by atoms with Crippen LogP contribution in [-0.4, -0.2) is 24.1 Å². The quantitative estimate of drug-likeness (QED) is 0.876. The van der Waals surface area contributed by atoms with Crippen LogP contribution < -0.4 is 10.2 Å². The van der Waals surface area contributed by atoms with Gasteiger partial charge in [0, 0.05) is 25.8 Å². The first kappa shape index (κ1) is 11.4. The number of hydrogen-bond donors (Lipinski definition) is 1. The molecule has 1 N–H and O–H groups in total. The molecule has 1 aromatic carbocycles. The van der Waals surface area contributed by atoms with Crippen LogP contribution in [0.3, 0.4) is 0 Å². The van der Waals surface area contributed by atoms with E-state index in [1.54, 1.807) is 6.33 Å². The highest BCUT2D eigenvalue weighted by molar-refractivity contribution is 5.59. The summed E-state index contributed by atoms with van der Waals surface area (Å²) >= 11 is 0. The van der Waals surface area contributed by atoms with Crippen molar-refractivity contribution in [2.24, 2.45) is 0 Å². The zero-order valence-corrected chi connectivity index (χ0v) is 10.3. The molecule has 17 heavy (non-hydrogen) atoms. The SMILES string of the molecule is Cc1cccc(Nc2cc(N(C)C)ncn2)c1. The number of hydrogen-bond acceptors (Lipinski definition) is 4. The molecule has 0 radical (unpaired) electrons. The Morgan fingerprint density at radius 3 is 2.65 bits per heavy atom. The van der Waals surface area contributed by atoms with Crippen LogP contribution in [-0.2, 0) is 0 Å². The van der Waals surface area contributed by atoms with E-state index in [0.29, 0.717) is 0 Å². The van der Waals surface area contributed by atoms with Crippen LogP contribution in [0, 0.1) is 6.92 Å². The molecule has 0 fully saturated rings. The van der Waals surface area contributed by atoms with Crippen LogP contribution >= 0.6 is 0 Å². The summed E-state index contributed by atoms with van der Waals surface area (Å²) in [7, 11) is 3.91. The van der Waals surface area contributed by atoms with Gasteiger partial charge in [-0.2, -0.15) is 0 Å². The summed E-state index contributed by atoms with van der Waals surface area (Å²) in [6, 6.07) is 10.1. The average Bonchev–Trinajstić information content (AvgIpc) is 2.29. The van der Waals surface area contributed by atoms with Crippen molar-refractivity contribution in [2.75, 3.05) is 24.3 Å². The van der Waals surface area contributed by atoms with Crippen LogP contribution in [0.15, 0.2) is 36.7 Å². The Bertz CT molecular complexity index is 508. The average molecular weight is 228 g/mol. The molecule has 0 atom stereocenters. The van der Waals surface area contributed by atoms with Crippen molar-refractivity contribution in [2.45, 2.75) is 6.92 Å². The zero-order chi connectivity index (χ0) is 12.3. The van der Waals surface area contributed by atoms with Gasteiger partial charge in [-0.3, -0.25) is 0 Å². The van der Waals surface area contributed by atoms with Gasteiger partial charge in [-0.1, -0.05) is 12.1 Å². The summed E-state index contributed by atoms with van der Waals surface area (Å²) in [6.45, 7) is 2.07. The van der Waals surface area contributed by atoms with E-state index in [4.69, 9.17) is 0 Å². The summed E-state index contributed by atoms with van der Waals surface area (Å²) in [5.74, 6) is 1.68. The van der Waals surface area contributed by atoms with Crippen LogP contribution in [0.5, 0.6) is 0 Å². The van der Waals surface area contributed by atoms with E-state index in [1.807, 2.05) is 37.2 Å². The lowest BCUT2D eigenvalue weighted by Crippen LogP contribution is -2.11. The minimum atomic E-state index is 0.800. The van der Waals surface area contributed by atoms with E-state index in [2.05, 4.69) is 34.3 Å². The lowest BCUT2D eigenvalue weighted by Gasteiger charge is -2.12. The number of aromatic nitrogens is 2. The first-order valence-corrected chi connectivity index (χ1v) is 5.48. The van der Waals surface area contributed by atoms with E-state index in [9.17, 15) is 0 Å². The minimum absolute atomic E-state index is 0.800. The summed E-state index contributed by atoms with van der Waals surface area (Å²) in [5, 5.41) is 3.26. The van der Waals surface area contributed by atoms with Gasteiger partial charge in [0.15, 0.2) is 0 Å². The van der Waals surface area contributed by atoms with Crippen molar-refractivity contribution in [3.05, 3.63) is 42.2 Å². The molecule has 0 unspecified atom stereocenters. The second kappa shape index (κ2) is 4.82. The Kier molecular flexibility index (Phi) is 3.23. The molecule has 1 aromatic heterocycles. The van der Waals surface area contributed by atoms with Gasteiger partial charge in [0.1, 0.15) is 18.0 Å². The number of nitrogens with zero attached hydrogens (tertiary/aromatic N) is 3. The molecule has 88 valence electrons. The van der Waals surface area contributed by atoms with Crippen molar-refractivity contribution in [3.8, 4) is 0 Å². The fourth-order valence-corrected chi connectivity index (χ4v) is 1.53. The topological polar surface area (TPSA) is 41.0 Å². The molecule has 0 aliphatic rings. The lowest BCUT2D eigenvalue weighted by atomic mass is 10.2. The molecule has 0 spiro atoms. The van der Waals surface area contributed by atoms with Crippen LogP contribution in [0.25, 0.3) is 0 Å². The smallest absolute Gasteiger partial charge is 0.135 e. The van der Waals surface area contributed by atoms with E-state index in [0.717, 1.165) is 17.3 Å². The van der Waals surface area contributed by atoms with E-state index in [1.165, 1.54) is 5.56 Å². The highest BCUT2D eigenvalue weighted by Crippen LogP contribution is 2.17. The van der Waals surface area contributed by atoms with Crippen molar-refractivity contribution in [3.63, 3.8) is 0 Å². The maximum absolute atomic E-state index is 4.20. The van der Waals surface area contributed by atoms with Crippen molar-refractivity contribution < 1.29 is 0 Å². The molecule has 1 heterocycles. The van der Waals surface area contributed by atoms with Crippen LogP contribution in [0.4, 0.5) is 17.3 Å². The second-order valence-corrected chi connectivity index (χ2v) is 4.15. The Labute approximate surface area is 101 Å². The summed E-state index contributed by atoms with van der Waals surface area (Å²) < 4.78 is 0.